The number of carbonyl (C=O) groups excluding carboxylic acids is 4. The molecule has 1 aliphatic rings. The van der Waals surface area contributed by atoms with Crippen LogP contribution in [-0.2, 0) is 4.74 Å². The van der Waals surface area contributed by atoms with E-state index in [-0.39, 0.29) is 17.0 Å². The predicted molar refractivity (Wildman–Crippen MR) is 112 cm³/mol. The van der Waals surface area contributed by atoms with E-state index in [1.165, 1.54) is 19.2 Å². The number of hydrogen-bond acceptors (Lipinski definition) is 6. The molecule has 7 nitrogen and oxygen atoms in total. The Balaban J connectivity index is 1.47. The van der Waals surface area contributed by atoms with Crippen molar-refractivity contribution in [3.8, 4) is 5.75 Å². The van der Waals surface area contributed by atoms with Crippen LogP contribution in [0, 0.1) is 0 Å². The average Bonchev–Trinajstić information content (AvgIpc) is 3.07. The third kappa shape index (κ3) is 3.81. The molecule has 0 N–H and O–H groups in total. The maximum Gasteiger partial charge on any atom is 0.338 e. The normalized spacial score (nSPS) is 12.5. The van der Waals surface area contributed by atoms with Crippen LogP contribution in [0.4, 0.5) is 5.69 Å². The van der Waals surface area contributed by atoms with Crippen molar-refractivity contribution >= 4 is 29.3 Å². The van der Waals surface area contributed by atoms with Gasteiger partial charge in [-0.3, -0.25) is 14.4 Å². The Morgan fingerprint density at radius 2 is 1.45 bits per heavy atom. The predicted octanol–water partition coefficient (Wildman–Crippen LogP) is 3.54. The van der Waals surface area contributed by atoms with Crippen LogP contribution >= 0.6 is 0 Å². The number of fused-ring (bicyclic) bond motifs is 1. The van der Waals surface area contributed by atoms with Gasteiger partial charge < -0.3 is 9.47 Å². The number of rotatable bonds is 6. The highest BCUT2D eigenvalue weighted by molar-refractivity contribution is 6.34. The number of methoxy groups -OCH3 is 1. The summed E-state index contributed by atoms with van der Waals surface area (Å²) in [4.78, 5) is 51.0. The highest BCUT2D eigenvalue weighted by atomic mass is 16.5. The Kier molecular flexibility index (Phi) is 5.32. The minimum absolute atomic E-state index is 0.122. The standard InChI is InChI=1S/C24H17NO6/c1-30-18-11-9-15(10-12-18)21(26)14-31-24(29)16-5-4-6-17(13-16)25-22(27)19-7-2-3-8-20(19)23(25)28/h2-13H,14H2,1H3. The monoisotopic (exact) mass is 415 g/mol. The molecular formula is C24H17NO6. The summed E-state index contributed by atoms with van der Waals surface area (Å²) in [6.07, 6.45) is 0. The summed E-state index contributed by atoms with van der Waals surface area (Å²) in [6, 6.07) is 18.9. The van der Waals surface area contributed by atoms with Crippen molar-refractivity contribution in [2.45, 2.75) is 0 Å². The zero-order chi connectivity index (χ0) is 22.0. The van der Waals surface area contributed by atoms with Crippen molar-refractivity contribution in [2.75, 3.05) is 18.6 Å². The molecule has 0 atom stereocenters. The molecule has 1 aliphatic heterocycles. The summed E-state index contributed by atoms with van der Waals surface area (Å²) in [5.74, 6) is -1.41. The fraction of sp³-hybridized carbons (Fsp3) is 0.0833. The molecule has 4 rings (SSSR count). The molecule has 2 amide bonds. The van der Waals surface area contributed by atoms with E-state index in [0.717, 1.165) is 4.90 Å². The van der Waals surface area contributed by atoms with Gasteiger partial charge in [0.2, 0.25) is 0 Å². The average molecular weight is 415 g/mol. The first-order valence-electron chi connectivity index (χ1n) is 9.42. The lowest BCUT2D eigenvalue weighted by Crippen LogP contribution is -2.29. The van der Waals surface area contributed by atoms with E-state index in [1.54, 1.807) is 60.7 Å². The van der Waals surface area contributed by atoms with Gasteiger partial charge in [0.15, 0.2) is 12.4 Å². The van der Waals surface area contributed by atoms with Gasteiger partial charge in [0.1, 0.15) is 5.75 Å². The largest absolute Gasteiger partial charge is 0.497 e. The Morgan fingerprint density at radius 1 is 0.806 bits per heavy atom. The maximum absolute atomic E-state index is 12.6. The molecule has 0 aliphatic carbocycles. The van der Waals surface area contributed by atoms with Crippen molar-refractivity contribution < 1.29 is 28.7 Å². The molecule has 0 aromatic heterocycles. The molecule has 3 aromatic carbocycles. The van der Waals surface area contributed by atoms with Gasteiger partial charge in [0.25, 0.3) is 11.8 Å². The van der Waals surface area contributed by atoms with Crippen molar-refractivity contribution in [2.24, 2.45) is 0 Å². The zero-order valence-corrected chi connectivity index (χ0v) is 16.5. The van der Waals surface area contributed by atoms with E-state index in [4.69, 9.17) is 9.47 Å². The van der Waals surface area contributed by atoms with Crippen molar-refractivity contribution in [3.63, 3.8) is 0 Å². The third-order valence-corrected chi connectivity index (χ3v) is 4.88. The summed E-state index contributed by atoms with van der Waals surface area (Å²) >= 11 is 0. The van der Waals surface area contributed by atoms with Crippen molar-refractivity contribution in [3.05, 3.63) is 95.1 Å². The number of esters is 1. The van der Waals surface area contributed by atoms with E-state index in [0.29, 0.717) is 22.4 Å². The fourth-order valence-corrected chi connectivity index (χ4v) is 3.27. The van der Waals surface area contributed by atoms with Gasteiger partial charge in [0, 0.05) is 5.56 Å². The van der Waals surface area contributed by atoms with Crippen LogP contribution in [0.15, 0.2) is 72.8 Å². The van der Waals surface area contributed by atoms with Crippen LogP contribution < -0.4 is 9.64 Å². The summed E-state index contributed by atoms with van der Waals surface area (Å²) in [7, 11) is 1.52. The summed E-state index contributed by atoms with van der Waals surface area (Å²) in [5.41, 5.74) is 1.38. The molecular weight excluding hydrogens is 398 g/mol. The number of carbonyl (C=O) groups is 4. The first-order chi connectivity index (χ1) is 15.0. The van der Waals surface area contributed by atoms with Gasteiger partial charge in [-0.05, 0) is 54.6 Å². The van der Waals surface area contributed by atoms with Gasteiger partial charge in [-0.15, -0.1) is 0 Å². The van der Waals surface area contributed by atoms with E-state index in [2.05, 4.69) is 0 Å². The van der Waals surface area contributed by atoms with Crippen LogP contribution in [-0.4, -0.2) is 37.3 Å². The van der Waals surface area contributed by atoms with Crippen LogP contribution in [0.2, 0.25) is 0 Å². The number of imide groups is 1. The molecule has 0 bridgehead atoms. The van der Waals surface area contributed by atoms with Crippen molar-refractivity contribution in [1.82, 2.24) is 0 Å². The number of nitrogens with zero attached hydrogens (tertiary/aromatic N) is 1. The second kappa shape index (κ2) is 8.23. The Morgan fingerprint density at radius 3 is 2.06 bits per heavy atom. The molecule has 0 saturated heterocycles. The van der Waals surface area contributed by atoms with E-state index < -0.39 is 24.4 Å². The molecule has 31 heavy (non-hydrogen) atoms. The summed E-state index contributed by atoms with van der Waals surface area (Å²) in [5, 5.41) is 0. The van der Waals surface area contributed by atoms with Gasteiger partial charge in [0.05, 0.1) is 29.5 Å². The lowest BCUT2D eigenvalue weighted by Gasteiger charge is -2.14. The number of hydrogen-bond donors (Lipinski definition) is 0. The minimum atomic E-state index is -0.736. The quantitative estimate of drug-likeness (QED) is 0.348. The van der Waals surface area contributed by atoms with E-state index in [9.17, 15) is 19.2 Å². The van der Waals surface area contributed by atoms with Gasteiger partial charge >= 0.3 is 5.97 Å². The molecule has 0 unspecified atom stereocenters. The van der Waals surface area contributed by atoms with Crippen LogP contribution in [0.5, 0.6) is 5.75 Å². The first kappa shape index (κ1) is 20.0. The number of anilines is 1. The van der Waals surface area contributed by atoms with Gasteiger partial charge in [-0.25, -0.2) is 9.69 Å². The van der Waals surface area contributed by atoms with Crippen LogP contribution in [0.1, 0.15) is 41.4 Å². The van der Waals surface area contributed by atoms with Gasteiger partial charge in [-0.1, -0.05) is 18.2 Å². The molecule has 154 valence electrons. The number of ether oxygens (including phenoxy) is 2. The number of ketones is 1. The summed E-state index contributed by atoms with van der Waals surface area (Å²) in [6.45, 7) is -0.442. The molecule has 1 heterocycles. The highest BCUT2D eigenvalue weighted by Crippen LogP contribution is 2.28. The lowest BCUT2D eigenvalue weighted by atomic mass is 10.1. The third-order valence-electron chi connectivity index (χ3n) is 4.88. The Bertz CT molecular complexity index is 1160. The summed E-state index contributed by atoms with van der Waals surface area (Å²) < 4.78 is 10.2. The maximum atomic E-state index is 12.6. The number of benzene rings is 3. The van der Waals surface area contributed by atoms with Gasteiger partial charge in [-0.2, -0.15) is 0 Å². The zero-order valence-electron chi connectivity index (χ0n) is 16.5. The smallest absolute Gasteiger partial charge is 0.338 e. The molecule has 0 saturated carbocycles. The second-order valence-corrected chi connectivity index (χ2v) is 6.77. The van der Waals surface area contributed by atoms with Crippen LogP contribution in [0.3, 0.4) is 0 Å². The molecule has 0 spiro atoms. The molecule has 0 fully saturated rings. The SMILES string of the molecule is COc1ccc(C(=O)COC(=O)c2cccc(N3C(=O)c4ccccc4C3=O)c2)cc1. The lowest BCUT2D eigenvalue weighted by molar-refractivity contribution is 0.0474. The fourth-order valence-electron chi connectivity index (χ4n) is 3.27. The number of amides is 2. The van der Waals surface area contributed by atoms with E-state index >= 15 is 0 Å². The topological polar surface area (TPSA) is 90.0 Å². The van der Waals surface area contributed by atoms with E-state index in [1.807, 2.05) is 0 Å². The minimum Gasteiger partial charge on any atom is -0.497 e. The Labute approximate surface area is 177 Å². The molecule has 7 heteroatoms. The highest BCUT2D eigenvalue weighted by Gasteiger charge is 2.36. The Hall–Kier alpha value is -4.26. The second-order valence-electron chi connectivity index (χ2n) is 6.77. The van der Waals surface area contributed by atoms with Crippen molar-refractivity contribution in [1.29, 1.82) is 0 Å². The van der Waals surface area contributed by atoms with Crippen LogP contribution in [0.25, 0.3) is 0 Å². The number of Topliss-reactive ketones (excluding diaryl/α,β-unsaturated/α-hetero) is 1. The molecule has 3 aromatic rings. The first-order valence-corrected chi connectivity index (χ1v) is 9.42. The molecule has 0 radical (unpaired) electrons.